The van der Waals surface area contributed by atoms with Gasteiger partial charge in [0.25, 0.3) is 0 Å². The van der Waals surface area contributed by atoms with E-state index in [9.17, 15) is 0 Å². The Balaban J connectivity index is 2.77. The fraction of sp³-hybridized carbons (Fsp3) is 0.562. The molecule has 0 amide bonds. The lowest BCUT2D eigenvalue weighted by molar-refractivity contribution is 0.255. The molecule has 5 nitrogen and oxygen atoms in total. The number of nitrogen functional groups attached to an aromatic ring is 1. The average molecular weight is 292 g/mol. The maximum atomic E-state index is 7.56. The number of ether oxygens (including phenoxy) is 1. The highest BCUT2D eigenvalue weighted by atomic mass is 16.5. The van der Waals surface area contributed by atoms with Crippen LogP contribution in [0.25, 0.3) is 0 Å². The molecule has 118 valence electrons. The number of nitrogens with two attached hydrogens (primary N) is 1. The molecule has 5 heteroatoms. The molecule has 1 aromatic carbocycles. The van der Waals surface area contributed by atoms with Gasteiger partial charge in [0.05, 0.1) is 7.11 Å². The number of rotatable bonds is 9. The highest BCUT2D eigenvalue weighted by Gasteiger charge is 2.10. The van der Waals surface area contributed by atoms with Crippen LogP contribution in [-0.2, 0) is 6.54 Å². The molecule has 0 aliphatic heterocycles. The fourth-order valence-electron chi connectivity index (χ4n) is 2.27. The van der Waals surface area contributed by atoms with Gasteiger partial charge >= 0.3 is 0 Å². The maximum Gasteiger partial charge on any atom is 0.123 e. The summed E-state index contributed by atoms with van der Waals surface area (Å²) in [5.41, 5.74) is 7.40. The first-order chi connectivity index (χ1) is 9.97. The summed E-state index contributed by atoms with van der Waals surface area (Å²) in [6, 6.07) is 5.67. The summed E-state index contributed by atoms with van der Waals surface area (Å²) in [4.78, 5) is 4.58. The van der Waals surface area contributed by atoms with E-state index in [-0.39, 0.29) is 5.84 Å². The Morgan fingerprint density at radius 3 is 2.52 bits per heavy atom. The molecule has 1 rings (SSSR count). The quantitative estimate of drug-likeness (QED) is 0.537. The molecule has 0 atom stereocenters. The van der Waals surface area contributed by atoms with Crippen LogP contribution in [0.3, 0.4) is 0 Å². The van der Waals surface area contributed by atoms with E-state index in [1.165, 1.54) is 0 Å². The number of hydrogen-bond acceptors (Lipinski definition) is 4. The lowest BCUT2D eigenvalue weighted by Gasteiger charge is -2.23. The number of methoxy groups -OCH3 is 1. The summed E-state index contributed by atoms with van der Waals surface area (Å²) in [5.74, 6) is 0.945. The monoisotopic (exact) mass is 292 g/mol. The van der Waals surface area contributed by atoms with Gasteiger partial charge in [0.1, 0.15) is 11.6 Å². The van der Waals surface area contributed by atoms with Crippen LogP contribution >= 0.6 is 0 Å². The number of amidine groups is 1. The Morgan fingerprint density at radius 1 is 1.29 bits per heavy atom. The Morgan fingerprint density at radius 2 is 2.00 bits per heavy atom. The first-order valence-corrected chi connectivity index (χ1v) is 7.36. The number of hydrogen-bond donors (Lipinski definition) is 2. The van der Waals surface area contributed by atoms with Crippen molar-refractivity contribution in [3.63, 3.8) is 0 Å². The van der Waals surface area contributed by atoms with Crippen LogP contribution < -0.4 is 10.5 Å². The summed E-state index contributed by atoms with van der Waals surface area (Å²) in [6.07, 6.45) is 1.13. The van der Waals surface area contributed by atoms with Crippen molar-refractivity contribution in [3.8, 4) is 5.75 Å². The predicted molar refractivity (Wildman–Crippen MR) is 88.1 cm³/mol. The SMILES string of the molecule is CCN(CCCN(C)C)Cc1cc(C(=N)N)ccc1OC. The highest BCUT2D eigenvalue weighted by molar-refractivity contribution is 5.95. The molecule has 0 aliphatic rings. The zero-order valence-electron chi connectivity index (χ0n) is 13.6. The van der Waals surface area contributed by atoms with Crippen molar-refractivity contribution in [1.29, 1.82) is 5.41 Å². The largest absolute Gasteiger partial charge is 0.496 e. The molecule has 0 bridgehead atoms. The van der Waals surface area contributed by atoms with Crippen molar-refractivity contribution in [2.45, 2.75) is 19.9 Å². The van der Waals surface area contributed by atoms with E-state index in [0.717, 1.165) is 49.5 Å². The van der Waals surface area contributed by atoms with Gasteiger partial charge in [-0.05, 0) is 58.3 Å². The summed E-state index contributed by atoms with van der Waals surface area (Å²) in [6.45, 7) is 6.09. The van der Waals surface area contributed by atoms with Crippen molar-refractivity contribution in [2.24, 2.45) is 5.73 Å². The van der Waals surface area contributed by atoms with E-state index >= 15 is 0 Å². The molecule has 0 aromatic heterocycles. The van der Waals surface area contributed by atoms with Gasteiger partial charge in [0, 0.05) is 17.7 Å². The Kier molecular flexibility index (Phi) is 7.19. The summed E-state index contributed by atoms with van der Waals surface area (Å²) in [5, 5.41) is 7.56. The van der Waals surface area contributed by atoms with Crippen LogP contribution in [-0.4, -0.2) is 56.5 Å². The van der Waals surface area contributed by atoms with Crippen LogP contribution in [0.15, 0.2) is 18.2 Å². The Bertz CT molecular complexity index is 460. The lowest BCUT2D eigenvalue weighted by atomic mass is 10.1. The minimum atomic E-state index is 0.0922. The second kappa shape index (κ2) is 8.64. The molecule has 3 N–H and O–H groups in total. The van der Waals surface area contributed by atoms with E-state index in [1.807, 2.05) is 18.2 Å². The number of nitrogens with one attached hydrogen (secondary N) is 1. The third-order valence-corrected chi connectivity index (χ3v) is 3.51. The second-order valence-electron chi connectivity index (χ2n) is 5.47. The van der Waals surface area contributed by atoms with Gasteiger partial charge in [-0.25, -0.2) is 0 Å². The molecule has 0 spiro atoms. The minimum Gasteiger partial charge on any atom is -0.496 e. The molecule has 1 aromatic rings. The number of nitrogens with zero attached hydrogens (tertiary/aromatic N) is 2. The smallest absolute Gasteiger partial charge is 0.123 e. The summed E-state index contributed by atoms with van der Waals surface area (Å²) in [7, 11) is 5.86. The van der Waals surface area contributed by atoms with Crippen molar-refractivity contribution in [3.05, 3.63) is 29.3 Å². The Hall–Kier alpha value is -1.59. The third kappa shape index (κ3) is 5.73. The zero-order valence-corrected chi connectivity index (χ0v) is 13.6. The van der Waals surface area contributed by atoms with Crippen LogP contribution in [0.5, 0.6) is 5.75 Å². The van der Waals surface area contributed by atoms with Gasteiger partial charge < -0.3 is 15.4 Å². The molecular formula is C16H28N4O. The van der Waals surface area contributed by atoms with Crippen LogP contribution in [0.4, 0.5) is 0 Å². The predicted octanol–water partition coefficient (Wildman–Crippen LogP) is 1.75. The normalized spacial score (nSPS) is 11.1. The van der Waals surface area contributed by atoms with Gasteiger partial charge in [-0.15, -0.1) is 0 Å². The standard InChI is InChI=1S/C16H28N4O/c1-5-20(10-6-9-19(2)3)12-14-11-13(16(17)18)7-8-15(14)21-4/h7-8,11H,5-6,9-10,12H2,1-4H3,(H3,17,18). The molecule has 0 aliphatic carbocycles. The maximum absolute atomic E-state index is 7.56. The third-order valence-electron chi connectivity index (χ3n) is 3.51. The molecule has 0 saturated carbocycles. The van der Waals surface area contributed by atoms with Crippen molar-refractivity contribution in [2.75, 3.05) is 40.8 Å². The summed E-state index contributed by atoms with van der Waals surface area (Å²) < 4.78 is 5.42. The van der Waals surface area contributed by atoms with E-state index < -0.39 is 0 Å². The highest BCUT2D eigenvalue weighted by Crippen LogP contribution is 2.21. The first kappa shape index (κ1) is 17.5. The van der Waals surface area contributed by atoms with Crippen molar-refractivity contribution >= 4 is 5.84 Å². The molecule has 0 radical (unpaired) electrons. The molecule has 0 fully saturated rings. The number of benzene rings is 1. The van der Waals surface area contributed by atoms with E-state index in [2.05, 4.69) is 30.8 Å². The lowest BCUT2D eigenvalue weighted by Crippen LogP contribution is -2.27. The van der Waals surface area contributed by atoms with E-state index in [4.69, 9.17) is 15.9 Å². The molecule has 0 heterocycles. The fourth-order valence-corrected chi connectivity index (χ4v) is 2.27. The van der Waals surface area contributed by atoms with Gasteiger partial charge in [-0.3, -0.25) is 10.3 Å². The van der Waals surface area contributed by atoms with Crippen molar-refractivity contribution < 1.29 is 4.74 Å². The van der Waals surface area contributed by atoms with Gasteiger partial charge in [-0.1, -0.05) is 6.92 Å². The molecular weight excluding hydrogens is 264 g/mol. The van der Waals surface area contributed by atoms with Gasteiger partial charge in [-0.2, -0.15) is 0 Å². The van der Waals surface area contributed by atoms with Crippen LogP contribution in [0.1, 0.15) is 24.5 Å². The average Bonchev–Trinajstić information content (AvgIpc) is 2.45. The molecule has 21 heavy (non-hydrogen) atoms. The van der Waals surface area contributed by atoms with Crippen LogP contribution in [0.2, 0.25) is 0 Å². The molecule has 0 saturated heterocycles. The van der Waals surface area contributed by atoms with E-state index in [1.54, 1.807) is 7.11 Å². The second-order valence-corrected chi connectivity index (χ2v) is 5.47. The van der Waals surface area contributed by atoms with Crippen molar-refractivity contribution in [1.82, 2.24) is 9.80 Å². The van der Waals surface area contributed by atoms with E-state index in [0.29, 0.717) is 0 Å². The first-order valence-electron chi connectivity index (χ1n) is 7.36. The Labute approximate surface area is 128 Å². The zero-order chi connectivity index (χ0) is 15.8. The molecule has 0 unspecified atom stereocenters. The summed E-state index contributed by atoms with van der Waals surface area (Å²) >= 11 is 0. The van der Waals surface area contributed by atoms with Crippen LogP contribution in [0, 0.1) is 5.41 Å². The minimum absolute atomic E-state index is 0.0922. The topological polar surface area (TPSA) is 65.6 Å². The van der Waals surface area contributed by atoms with Gasteiger partial charge in [0.15, 0.2) is 0 Å². The van der Waals surface area contributed by atoms with Gasteiger partial charge in [0.2, 0.25) is 0 Å².